The minimum Gasteiger partial charge on any atom is -0.311 e. The summed E-state index contributed by atoms with van der Waals surface area (Å²) < 4.78 is 1.16. The molecule has 1 saturated carbocycles. The summed E-state index contributed by atoms with van der Waals surface area (Å²) >= 11 is 3.46. The first-order valence-electron chi connectivity index (χ1n) is 6.19. The molecule has 1 aliphatic carbocycles. The Labute approximate surface area is 107 Å². The predicted molar refractivity (Wildman–Crippen MR) is 72.6 cm³/mol. The van der Waals surface area contributed by atoms with Gasteiger partial charge in [0.05, 0.1) is 0 Å². The van der Waals surface area contributed by atoms with Crippen LogP contribution in [0.15, 0.2) is 28.7 Å². The van der Waals surface area contributed by atoms with Crippen LogP contribution in [0.5, 0.6) is 0 Å². The van der Waals surface area contributed by atoms with Crippen LogP contribution in [0.25, 0.3) is 0 Å². The smallest absolute Gasteiger partial charge is 0.0175 e. The third kappa shape index (κ3) is 3.33. The van der Waals surface area contributed by atoms with Gasteiger partial charge in [0.15, 0.2) is 0 Å². The van der Waals surface area contributed by atoms with E-state index in [1.54, 1.807) is 0 Å². The van der Waals surface area contributed by atoms with E-state index in [1.165, 1.54) is 18.4 Å². The molecule has 0 spiro atoms. The van der Waals surface area contributed by atoms with Crippen molar-refractivity contribution < 1.29 is 0 Å². The van der Waals surface area contributed by atoms with Crippen molar-refractivity contribution in [3.8, 4) is 0 Å². The molecule has 0 amide bonds. The van der Waals surface area contributed by atoms with Crippen molar-refractivity contribution in [3.63, 3.8) is 0 Å². The second-order valence-electron chi connectivity index (χ2n) is 4.91. The third-order valence-electron chi connectivity index (χ3n) is 3.40. The topological polar surface area (TPSA) is 12.0 Å². The van der Waals surface area contributed by atoms with Gasteiger partial charge in [0.2, 0.25) is 0 Å². The van der Waals surface area contributed by atoms with Crippen molar-refractivity contribution in [1.82, 2.24) is 5.32 Å². The van der Waals surface area contributed by atoms with E-state index in [0.717, 1.165) is 22.9 Å². The van der Waals surface area contributed by atoms with E-state index in [9.17, 15) is 0 Å². The molecule has 0 radical (unpaired) electrons. The highest BCUT2D eigenvalue weighted by Gasteiger charge is 2.35. The van der Waals surface area contributed by atoms with Gasteiger partial charge in [-0.05, 0) is 43.4 Å². The van der Waals surface area contributed by atoms with Crippen LogP contribution in [0.3, 0.4) is 0 Å². The van der Waals surface area contributed by atoms with Crippen LogP contribution >= 0.6 is 15.9 Å². The van der Waals surface area contributed by atoms with Crippen molar-refractivity contribution >= 4 is 15.9 Å². The van der Waals surface area contributed by atoms with Crippen molar-refractivity contribution in [1.29, 1.82) is 0 Å². The molecule has 3 unspecified atom stereocenters. The molecule has 2 rings (SSSR count). The number of nitrogens with one attached hydrogen (secondary N) is 1. The Bertz CT molecular complexity index is 333. The van der Waals surface area contributed by atoms with E-state index in [-0.39, 0.29) is 0 Å². The maximum absolute atomic E-state index is 3.71. The molecule has 16 heavy (non-hydrogen) atoms. The largest absolute Gasteiger partial charge is 0.311 e. The molecule has 1 aromatic carbocycles. The molecule has 1 nitrogen and oxygen atoms in total. The molecule has 3 atom stereocenters. The summed E-state index contributed by atoms with van der Waals surface area (Å²) in [6.45, 7) is 4.57. The monoisotopic (exact) mass is 281 g/mol. The Balaban J connectivity index is 1.79. The molecule has 2 heteroatoms. The van der Waals surface area contributed by atoms with E-state index in [0.29, 0.717) is 6.04 Å². The average Bonchev–Trinajstić information content (AvgIpc) is 3.00. The van der Waals surface area contributed by atoms with Gasteiger partial charge in [-0.2, -0.15) is 0 Å². The zero-order valence-corrected chi connectivity index (χ0v) is 11.6. The molecule has 0 aromatic heterocycles. The Morgan fingerprint density at radius 1 is 1.38 bits per heavy atom. The summed E-state index contributed by atoms with van der Waals surface area (Å²) in [6.07, 6.45) is 3.82. The van der Waals surface area contributed by atoms with E-state index < -0.39 is 0 Å². The number of hydrogen-bond donors (Lipinski definition) is 1. The van der Waals surface area contributed by atoms with E-state index in [1.807, 2.05) is 0 Å². The summed E-state index contributed by atoms with van der Waals surface area (Å²) in [6, 6.07) is 10.0. The van der Waals surface area contributed by atoms with Gasteiger partial charge in [-0.25, -0.2) is 0 Å². The lowest BCUT2D eigenvalue weighted by Crippen LogP contribution is -2.31. The predicted octanol–water partition coefficient (Wildman–Crippen LogP) is 3.77. The van der Waals surface area contributed by atoms with E-state index in [2.05, 4.69) is 59.4 Å². The minimum atomic E-state index is 0.586. The van der Waals surface area contributed by atoms with Crippen LogP contribution in [0.4, 0.5) is 0 Å². The van der Waals surface area contributed by atoms with Crippen molar-refractivity contribution in [2.75, 3.05) is 0 Å². The minimum absolute atomic E-state index is 0.586. The fourth-order valence-electron chi connectivity index (χ4n) is 2.30. The number of benzene rings is 1. The molecular weight excluding hydrogens is 262 g/mol. The fraction of sp³-hybridized carbons (Fsp3) is 0.571. The molecular formula is C14H20BrN. The lowest BCUT2D eigenvalue weighted by Gasteiger charge is -2.13. The third-order valence-corrected chi connectivity index (χ3v) is 3.93. The van der Waals surface area contributed by atoms with E-state index >= 15 is 0 Å². The molecule has 0 heterocycles. The molecule has 0 bridgehead atoms. The lowest BCUT2D eigenvalue weighted by molar-refractivity contribution is 0.517. The zero-order chi connectivity index (χ0) is 11.5. The van der Waals surface area contributed by atoms with Crippen molar-refractivity contribution in [2.45, 2.75) is 45.2 Å². The van der Waals surface area contributed by atoms with Crippen molar-refractivity contribution in [3.05, 3.63) is 34.3 Å². The van der Waals surface area contributed by atoms with Crippen LogP contribution in [0.2, 0.25) is 0 Å². The van der Waals surface area contributed by atoms with Gasteiger partial charge in [-0.3, -0.25) is 0 Å². The van der Waals surface area contributed by atoms with Gasteiger partial charge in [-0.15, -0.1) is 0 Å². The van der Waals surface area contributed by atoms with Gasteiger partial charge < -0.3 is 5.32 Å². The lowest BCUT2D eigenvalue weighted by atomic mass is 10.1. The summed E-state index contributed by atoms with van der Waals surface area (Å²) in [5.74, 6) is 0.937. The molecule has 1 aromatic rings. The molecule has 88 valence electrons. The van der Waals surface area contributed by atoms with Gasteiger partial charge >= 0.3 is 0 Å². The van der Waals surface area contributed by atoms with Crippen LogP contribution in [0.1, 0.15) is 32.3 Å². The Hall–Kier alpha value is -0.340. The van der Waals surface area contributed by atoms with Gasteiger partial charge in [-0.1, -0.05) is 41.4 Å². The van der Waals surface area contributed by atoms with Crippen LogP contribution in [-0.2, 0) is 6.42 Å². The molecule has 1 fully saturated rings. The van der Waals surface area contributed by atoms with Gasteiger partial charge in [0, 0.05) is 16.6 Å². The molecule has 0 saturated heterocycles. The van der Waals surface area contributed by atoms with Gasteiger partial charge in [0.1, 0.15) is 0 Å². The number of halogens is 1. The first kappa shape index (κ1) is 12.1. The zero-order valence-electron chi connectivity index (χ0n) is 10.0. The number of rotatable bonds is 5. The fourth-order valence-corrected chi connectivity index (χ4v) is 2.57. The SMILES string of the molecule is CCC1CC1NC(C)Cc1ccc(Br)cc1. The summed E-state index contributed by atoms with van der Waals surface area (Å²) in [5.41, 5.74) is 1.41. The van der Waals surface area contributed by atoms with Crippen LogP contribution in [-0.4, -0.2) is 12.1 Å². The number of hydrogen-bond acceptors (Lipinski definition) is 1. The second kappa shape index (κ2) is 5.33. The van der Waals surface area contributed by atoms with Crippen LogP contribution < -0.4 is 5.32 Å². The highest BCUT2D eigenvalue weighted by atomic mass is 79.9. The van der Waals surface area contributed by atoms with Gasteiger partial charge in [0.25, 0.3) is 0 Å². The van der Waals surface area contributed by atoms with E-state index in [4.69, 9.17) is 0 Å². The highest BCUT2D eigenvalue weighted by Crippen LogP contribution is 2.33. The normalized spacial score (nSPS) is 25.4. The Kier molecular flexibility index (Phi) is 4.04. The van der Waals surface area contributed by atoms with Crippen LogP contribution in [0, 0.1) is 5.92 Å². The Morgan fingerprint density at radius 3 is 2.62 bits per heavy atom. The highest BCUT2D eigenvalue weighted by molar-refractivity contribution is 9.10. The van der Waals surface area contributed by atoms with Crippen molar-refractivity contribution in [2.24, 2.45) is 5.92 Å². The average molecular weight is 282 g/mol. The standard InChI is InChI=1S/C14H20BrN/c1-3-12-9-14(12)16-10(2)8-11-4-6-13(15)7-5-11/h4-7,10,12,14,16H,3,8-9H2,1-2H3. The summed E-state index contributed by atoms with van der Waals surface area (Å²) in [5, 5.41) is 3.71. The molecule has 1 N–H and O–H groups in total. The summed E-state index contributed by atoms with van der Waals surface area (Å²) in [4.78, 5) is 0. The molecule has 0 aliphatic heterocycles. The Morgan fingerprint density at radius 2 is 2.06 bits per heavy atom. The molecule has 1 aliphatic rings. The quantitative estimate of drug-likeness (QED) is 0.867. The second-order valence-corrected chi connectivity index (χ2v) is 5.82. The first-order chi connectivity index (χ1) is 7.69. The maximum atomic E-state index is 3.71. The maximum Gasteiger partial charge on any atom is 0.0175 e. The first-order valence-corrected chi connectivity index (χ1v) is 6.99. The summed E-state index contributed by atoms with van der Waals surface area (Å²) in [7, 11) is 0.